The molecule has 3 rings (SSSR count). The molecule has 29 heavy (non-hydrogen) atoms. The van der Waals surface area contributed by atoms with Gasteiger partial charge in [0.15, 0.2) is 17.5 Å². The van der Waals surface area contributed by atoms with Gasteiger partial charge in [0.1, 0.15) is 0 Å². The van der Waals surface area contributed by atoms with Crippen LogP contribution in [-0.4, -0.2) is 56.8 Å². The summed E-state index contributed by atoms with van der Waals surface area (Å²) in [5.74, 6) is 3.17. The molecule has 160 valence electrons. The van der Waals surface area contributed by atoms with Gasteiger partial charge in [-0.25, -0.2) is 0 Å². The van der Waals surface area contributed by atoms with Gasteiger partial charge in [-0.2, -0.15) is 0 Å². The van der Waals surface area contributed by atoms with E-state index in [9.17, 15) is 4.79 Å². The Morgan fingerprint density at radius 3 is 2.66 bits per heavy atom. The number of nitrogens with one attached hydrogen (secondary N) is 2. The van der Waals surface area contributed by atoms with Gasteiger partial charge in [-0.3, -0.25) is 9.79 Å². The van der Waals surface area contributed by atoms with E-state index in [2.05, 4.69) is 48.4 Å². The molecular formula is C22H34N4O3. The van der Waals surface area contributed by atoms with E-state index in [1.54, 1.807) is 7.05 Å². The Hall–Kier alpha value is -2.44. The number of carbonyl (C=O) groups is 1. The van der Waals surface area contributed by atoms with Crippen LogP contribution in [-0.2, 0) is 10.2 Å². The molecule has 0 saturated carbocycles. The first kappa shape index (κ1) is 21.3. The van der Waals surface area contributed by atoms with Crippen LogP contribution in [0.1, 0.15) is 45.6 Å². The highest BCUT2D eigenvalue weighted by Crippen LogP contribution is 2.36. The molecule has 1 aromatic rings. The Bertz CT molecular complexity index is 740. The number of hydrogen-bond acceptors (Lipinski definition) is 4. The predicted molar refractivity (Wildman–Crippen MR) is 115 cm³/mol. The summed E-state index contributed by atoms with van der Waals surface area (Å²) in [6, 6.07) is 6.14. The first-order valence-electron chi connectivity index (χ1n) is 10.6. The van der Waals surface area contributed by atoms with Crippen LogP contribution in [0.4, 0.5) is 0 Å². The van der Waals surface area contributed by atoms with Gasteiger partial charge >= 0.3 is 0 Å². The third-order valence-corrected chi connectivity index (χ3v) is 5.78. The average Bonchev–Trinajstić information content (AvgIpc) is 3.19. The Kier molecular flexibility index (Phi) is 6.87. The molecule has 0 radical (unpaired) electrons. The minimum Gasteiger partial charge on any atom is -0.454 e. The second-order valence-corrected chi connectivity index (χ2v) is 8.43. The molecule has 2 N–H and O–H groups in total. The largest absolute Gasteiger partial charge is 0.454 e. The number of guanidine groups is 1. The SMILES string of the molecule is CCNC(=NCC(C)(C)c1ccc2c(c1)OCO2)N1CCC(CC(=O)NC)CC1. The molecule has 7 heteroatoms. The molecule has 1 aromatic carbocycles. The van der Waals surface area contributed by atoms with Gasteiger partial charge in [0, 0.05) is 38.5 Å². The standard InChI is InChI=1S/C22H34N4O3/c1-5-24-21(26-10-8-16(9-11-26)12-20(27)23-4)25-14-22(2,3)17-6-7-18-19(13-17)29-15-28-18/h6-7,13,16H,5,8-12,14-15H2,1-4H3,(H,23,27)(H,24,25). The molecule has 0 unspecified atom stereocenters. The van der Waals surface area contributed by atoms with Crippen molar-refractivity contribution in [3.05, 3.63) is 23.8 Å². The lowest BCUT2D eigenvalue weighted by Crippen LogP contribution is -2.46. The monoisotopic (exact) mass is 402 g/mol. The van der Waals surface area contributed by atoms with Crippen LogP contribution >= 0.6 is 0 Å². The zero-order valence-electron chi connectivity index (χ0n) is 18.1. The van der Waals surface area contributed by atoms with Crippen LogP contribution in [0.5, 0.6) is 11.5 Å². The van der Waals surface area contributed by atoms with Crippen molar-refractivity contribution in [1.29, 1.82) is 0 Å². The number of piperidine rings is 1. The van der Waals surface area contributed by atoms with E-state index >= 15 is 0 Å². The van der Waals surface area contributed by atoms with Crippen molar-refractivity contribution in [2.24, 2.45) is 10.9 Å². The fourth-order valence-electron chi connectivity index (χ4n) is 3.82. The summed E-state index contributed by atoms with van der Waals surface area (Å²) in [5, 5.41) is 6.17. The van der Waals surface area contributed by atoms with Crippen molar-refractivity contribution in [3.8, 4) is 11.5 Å². The Morgan fingerprint density at radius 2 is 1.97 bits per heavy atom. The van der Waals surface area contributed by atoms with Gasteiger partial charge < -0.3 is 25.0 Å². The number of ether oxygens (including phenoxy) is 2. The van der Waals surface area contributed by atoms with E-state index in [1.807, 2.05) is 6.07 Å². The number of benzene rings is 1. The van der Waals surface area contributed by atoms with E-state index in [0.29, 0.717) is 18.9 Å². The van der Waals surface area contributed by atoms with Crippen LogP contribution in [0.3, 0.4) is 0 Å². The molecule has 2 aliphatic heterocycles. The van der Waals surface area contributed by atoms with Crippen LogP contribution in [0.15, 0.2) is 23.2 Å². The summed E-state index contributed by atoms with van der Waals surface area (Å²) in [6.45, 7) is 10.2. The summed E-state index contributed by atoms with van der Waals surface area (Å²) < 4.78 is 11.0. The lowest BCUT2D eigenvalue weighted by molar-refractivity contribution is -0.121. The topological polar surface area (TPSA) is 75.2 Å². The van der Waals surface area contributed by atoms with E-state index in [1.165, 1.54) is 5.56 Å². The summed E-state index contributed by atoms with van der Waals surface area (Å²) >= 11 is 0. The fraction of sp³-hybridized carbons (Fsp3) is 0.636. The van der Waals surface area contributed by atoms with Gasteiger partial charge in [-0.1, -0.05) is 19.9 Å². The minimum absolute atomic E-state index is 0.126. The van der Waals surface area contributed by atoms with E-state index in [4.69, 9.17) is 14.5 Å². The molecule has 1 saturated heterocycles. The number of nitrogens with zero attached hydrogens (tertiary/aromatic N) is 2. The van der Waals surface area contributed by atoms with Crippen molar-refractivity contribution in [2.75, 3.05) is 40.0 Å². The normalized spacial score (nSPS) is 17.4. The summed E-state index contributed by atoms with van der Waals surface area (Å²) in [4.78, 5) is 18.9. The van der Waals surface area contributed by atoms with Gasteiger partial charge in [0.05, 0.1) is 6.54 Å². The summed E-state index contributed by atoms with van der Waals surface area (Å²) in [6.07, 6.45) is 2.65. The van der Waals surface area contributed by atoms with E-state index < -0.39 is 0 Å². The Labute approximate surface area is 173 Å². The smallest absolute Gasteiger partial charge is 0.231 e. The van der Waals surface area contributed by atoms with Gasteiger partial charge in [-0.15, -0.1) is 0 Å². The molecular weight excluding hydrogens is 368 g/mol. The van der Waals surface area contributed by atoms with E-state index in [0.717, 1.165) is 49.9 Å². The quantitative estimate of drug-likeness (QED) is 0.565. The number of amides is 1. The van der Waals surface area contributed by atoms with Crippen molar-refractivity contribution in [3.63, 3.8) is 0 Å². The molecule has 0 aliphatic carbocycles. The average molecular weight is 403 g/mol. The highest BCUT2D eigenvalue weighted by atomic mass is 16.7. The van der Waals surface area contributed by atoms with Crippen molar-refractivity contribution in [1.82, 2.24) is 15.5 Å². The van der Waals surface area contributed by atoms with Gasteiger partial charge in [0.2, 0.25) is 12.7 Å². The Morgan fingerprint density at radius 1 is 1.24 bits per heavy atom. The van der Waals surface area contributed by atoms with Crippen molar-refractivity contribution < 1.29 is 14.3 Å². The molecule has 7 nitrogen and oxygen atoms in total. The highest BCUT2D eigenvalue weighted by molar-refractivity contribution is 5.80. The molecule has 0 aromatic heterocycles. The number of carbonyl (C=O) groups excluding carboxylic acids is 1. The first-order valence-corrected chi connectivity index (χ1v) is 10.6. The molecule has 2 heterocycles. The third kappa shape index (κ3) is 5.34. The molecule has 1 fully saturated rings. The third-order valence-electron chi connectivity index (χ3n) is 5.78. The zero-order valence-corrected chi connectivity index (χ0v) is 18.1. The minimum atomic E-state index is -0.126. The summed E-state index contributed by atoms with van der Waals surface area (Å²) in [5.41, 5.74) is 1.06. The lowest BCUT2D eigenvalue weighted by atomic mass is 9.84. The van der Waals surface area contributed by atoms with Crippen LogP contribution < -0.4 is 20.1 Å². The second-order valence-electron chi connectivity index (χ2n) is 8.43. The van der Waals surface area contributed by atoms with E-state index in [-0.39, 0.29) is 18.1 Å². The number of rotatable bonds is 6. The Balaban J connectivity index is 1.63. The predicted octanol–water partition coefficient (Wildman–Crippen LogP) is 2.51. The van der Waals surface area contributed by atoms with Gasteiger partial charge in [-0.05, 0) is 43.4 Å². The highest BCUT2D eigenvalue weighted by Gasteiger charge is 2.26. The fourth-order valence-corrected chi connectivity index (χ4v) is 3.82. The number of hydrogen-bond donors (Lipinski definition) is 2. The van der Waals surface area contributed by atoms with Crippen molar-refractivity contribution >= 4 is 11.9 Å². The molecule has 1 amide bonds. The summed E-state index contributed by atoms with van der Waals surface area (Å²) in [7, 11) is 1.70. The number of aliphatic imine (C=N–C) groups is 1. The molecule has 0 spiro atoms. The van der Waals surface area contributed by atoms with Crippen molar-refractivity contribution in [2.45, 2.75) is 45.4 Å². The molecule has 0 bridgehead atoms. The lowest BCUT2D eigenvalue weighted by Gasteiger charge is -2.34. The van der Waals surface area contributed by atoms with Gasteiger partial charge in [0.25, 0.3) is 0 Å². The first-order chi connectivity index (χ1) is 13.9. The molecule has 0 atom stereocenters. The van der Waals surface area contributed by atoms with Crippen LogP contribution in [0, 0.1) is 5.92 Å². The number of fused-ring (bicyclic) bond motifs is 1. The maximum absolute atomic E-state index is 11.6. The van der Waals surface area contributed by atoms with Crippen LogP contribution in [0.25, 0.3) is 0 Å². The molecule has 2 aliphatic rings. The number of likely N-dealkylation sites (tertiary alicyclic amines) is 1. The maximum atomic E-state index is 11.6. The van der Waals surface area contributed by atoms with Crippen LogP contribution in [0.2, 0.25) is 0 Å². The maximum Gasteiger partial charge on any atom is 0.231 e. The zero-order chi connectivity index (χ0) is 20.9. The second kappa shape index (κ2) is 9.37.